The number of rotatable bonds is 9. The highest BCUT2D eigenvalue weighted by atomic mass is 32.1. The number of ether oxygens (including phenoxy) is 3. The summed E-state index contributed by atoms with van der Waals surface area (Å²) in [6.45, 7) is 6.02. The van der Waals surface area contributed by atoms with E-state index in [4.69, 9.17) is 14.2 Å². The largest absolute Gasteiger partial charge is 0.490 e. The van der Waals surface area contributed by atoms with Crippen LogP contribution in [0.1, 0.15) is 43.2 Å². The van der Waals surface area contributed by atoms with E-state index in [0.717, 1.165) is 34.3 Å². The molecule has 252 valence electrons. The predicted octanol–water partition coefficient (Wildman–Crippen LogP) is 7.85. The zero-order chi connectivity index (χ0) is 34.5. The lowest BCUT2D eigenvalue weighted by molar-refractivity contribution is 0.0633. The molecule has 0 unspecified atom stereocenters. The Balaban J connectivity index is 1.11. The number of urea groups is 1. The van der Waals surface area contributed by atoms with Crippen LogP contribution in [0.25, 0.3) is 21.5 Å². The third-order valence-corrected chi connectivity index (χ3v) is 8.35. The lowest BCUT2D eigenvalue weighted by Gasteiger charge is -2.29. The van der Waals surface area contributed by atoms with Crippen molar-refractivity contribution in [2.75, 3.05) is 35.3 Å². The van der Waals surface area contributed by atoms with Crippen LogP contribution in [0.4, 0.5) is 26.1 Å². The number of hydrogen-bond acceptors (Lipinski definition) is 9. The third kappa shape index (κ3) is 8.25. The minimum atomic E-state index is -1.24. The van der Waals surface area contributed by atoms with Crippen LogP contribution in [0.3, 0.4) is 0 Å². The average molecular weight is 682 g/mol. The van der Waals surface area contributed by atoms with Gasteiger partial charge in [-0.3, -0.25) is 15.5 Å². The van der Waals surface area contributed by atoms with E-state index in [2.05, 4.69) is 20.6 Å². The zero-order valence-electron chi connectivity index (χ0n) is 27.2. The van der Waals surface area contributed by atoms with Gasteiger partial charge in [-0.25, -0.2) is 24.4 Å². The van der Waals surface area contributed by atoms with E-state index in [1.165, 1.54) is 11.3 Å². The molecule has 13 heteroatoms. The fourth-order valence-electron chi connectivity index (χ4n) is 5.30. The zero-order valence-corrected chi connectivity index (χ0v) is 28.0. The maximum absolute atomic E-state index is 13.4. The molecule has 0 saturated carbocycles. The molecule has 0 aliphatic carbocycles. The summed E-state index contributed by atoms with van der Waals surface area (Å²) in [4.78, 5) is 48.3. The molecule has 12 nitrogen and oxygen atoms in total. The molecule has 1 aliphatic heterocycles. The lowest BCUT2D eigenvalue weighted by atomic mass is 9.98. The summed E-state index contributed by atoms with van der Waals surface area (Å²) in [7, 11) is 0. The summed E-state index contributed by atoms with van der Waals surface area (Å²) in [6.07, 6.45) is 1.04. The van der Waals surface area contributed by atoms with Crippen molar-refractivity contribution < 1.29 is 33.7 Å². The summed E-state index contributed by atoms with van der Waals surface area (Å²) in [5.41, 5.74) is 3.29. The number of nitrogens with zero attached hydrogens (tertiary/aromatic N) is 3. The highest BCUT2D eigenvalue weighted by Crippen LogP contribution is 2.34. The van der Waals surface area contributed by atoms with Gasteiger partial charge in [0.15, 0.2) is 16.6 Å². The molecular formula is C36H35N5O7S. The normalized spacial score (nSPS) is 12.6. The van der Waals surface area contributed by atoms with Gasteiger partial charge >= 0.3 is 18.1 Å². The molecule has 49 heavy (non-hydrogen) atoms. The maximum Gasteiger partial charge on any atom is 0.412 e. The Bertz CT molecular complexity index is 1990. The monoisotopic (exact) mass is 681 g/mol. The van der Waals surface area contributed by atoms with Crippen LogP contribution in [0, 0.1) is 0 Å². The maximum atomic E-state index is 13.4. The number of carbonyl (C=O) groups is 3. The van der Waals surface area contributed by atoms with Gasteiger partial charge in [0.05, 0.1) is 15.9 Å². The molecule has 3 N–H and O–H groups in total. The number of aromatic carboxylic acids is 1. The van der Waals surface area contributed by atoms with Crippen molar-refractivity contribution >= 4 is 56.2 Å². The van der Waals surface area contributed by atoms with Gasteiger partial charge in [0.2, 0.25) is 0 Å². The minimum absolute atomic E-state index is 0.0442. The molecule has 0 saturated heterocycles. The predicted molar refractivity (Wildman–Crippen MR) is 188 cm³/mol. The summed E-state index contributed by atoms with van der Waals surface area (Å²) in [5.74, 6) is -0.664. The molecule has 0 fully saturated rings. The molecule has 2 aromatic heterocycles. The Hall–Kier alpha value is -5.69. The number of hydrogen-bond donors (Lipinski definition) is 3. The fraction of sp³-hybridized carbons (Fsp3) is 0.250. The van der Waals surface area contributed by atoms with Crippen LogP contribution >= 0.6 is 11.3 Å². The molecule has 0 atom stereocenters. The Labute approximate surface area is 286 Å². The van der Waals surface area contributed by atoms with Crippen molar-refractivity contribution in [3.05, 3.63) is 90.1 Å². The van der Waals surface area contributed by atoms with Crippen molar-refractivity contribution in [2.24, 2.45) is 0 Å². The highest BCUT2D eigenvalue weighted by Gasteiger charge is 2.25. The standard InChI is InChI=1S/C36H35N5O7S/c1-36(2,3)48-35(45)37-24-9-6-10-25(21-24)46-18-19-47-29-16-15-26(38-31(29)32(42)43)23-14-13-22-8-7-17-41(28(22)20-23)34(44)40-33-39-27-11-4-5-12-30(27)49-33/h4-6,9-16,20-21H,7-8,17-19H2,1-3H3,(H,37,45)(H,42,43)(H,39,40,44). The number of aromatic nitrogens is 2. The smallest absolute Gasteiger partial charge is 0.412 e. The molecule has 0 bridgehead atoms. The van der Waals surface area contributed by atoms with Crippen molar-refractivity contribution in [1.82, 2.24) is 9.97 Å². The van der Waals surface area contributed by atoms with E-state index >= 15 is 0 Å². The van der Waals surface area contributed by atoms with Gasteiger partial charge < -0.3 is 19.3 Å². The Morgan fingerprint density at radius 1 is 0.918 bits per heavy atom. The number of amides is 3. The highest BCUT2D eigenvalue weighted by molar-refractivity contribution is 7.22. The number of thiazole rings is 1. The molecule has 0 spiro atoms. The lowest BCUT2D eigenvalue weighted by Crippen LogP contribution is -2.38. The third-order valence-electron chi connectivity index (χ3n) is 7.40. The number of aryl methyl sites for hydroxylation is 1. The van der Waals surface area contributed by atoms with E-state index in [0.29, 0.717) is 34.4 Å². The summed E-state index contributed by atoms with van der Waals surface area (Å²) < 4.78 is 17.8. The van der Waals surface area contributed by atoms with Crippen LogP contribution in [-0.4, -0.2) is 58.5 Å². The van der Waals surface area contributed by atoms with E-state index < -0.39 is 17.7 Å². The van der Waals surface area contributed by atoms with Gasteiger partial charge in [0.1, 0.15) is 24.6 Å². The first kappa shape index (κ1) is 33.2. The van der Waals surface area contributed by atoms with Crippen LogP contribution in [-0.2, 0) is 11.2 Å². The molecule has 6 rings (SSSR count). The van der Waals surface area contributed by atoms with Gasteiger partial charge in [-0.05, 0) is 81.6 Å². The number of anilines is 3. The van der Waals surface area contributed by atoms with Gasteiger partial charge in [-0.1, -0.05) is 41.7 Å². The second kappa shape index (κ2) is 14.2. The summed E-state index contributed by atoms with van der Waals surface area (Å²) >= 11 is 1.41. The van der Waals surface area contributed by atoms with Gasteiger partial charge in [0.25, 0.3) is 0 Å². The Kier molecular flexibility index (Phi) is 9.63. The second-order valence-electron chi connectivity index (χ2n) is 12.2. The quantitative estimate of drug-likeness (QED) is 0.132. The molecule has 0 radical (unpaired) electrons. The van der Waals surface area contributed by atoms with Crippen molar-refractivity contribution in [2.45, 2.75) is 39.2 Å². The topological polar surface area (TPSA) is 152 Å². The van der Waals surface area contributed by atoms with E-state index in [-0.39, 0.29) is 30.7 Å². The van der Waals surface area contributed by atoms with Crippen molar-refractivity contribution in [3.8, 4) is 22.8 Å². The number of carbonyl (C=O) groups excluding carboxylic acids is 2. The van der Waals surface area contributed by atoms with Gasteiger partial charge in [-0.2, -0.15) is 0 Å². The minimum Gasteiger partial charge on any atom is -0.490 e. The number of benzene rings is 3. The first-order chi connectivity index (χ1) is 23.5. The van der Waals surface area contributed by atoms with E-state index in [1.807, 2.05) is 42.5 Å². The summed E-state index contributed by atoms with van der Waals surface area (Å²) in [5, 5.41) is 16.1. The number of carboxylic acid groups (broad SMARTS) is 1. The molecule has 5 aromatic rings. The van der Waals surface area contributed by atoms with E-state index in [1.54, 1.807) is 62.1 Å². The molecule has 1 aliphatic rings. The number of pyridine rings is 1. The fourth-order valence-corrected chi connectivity index (χ4v) is 6.16. The molecule has 3 heterocycles. The van der Waals surface area contributed by atoms with Gasteiger partial charge in [-0.15, -0.1) is 0 Å². The Morgan fingerprint density at radius 2 is 1.73 bits per heavy atom. The number of fused-ring (bicyclic) bond motifs is 2. The van der Waals surface area contributed by atoms with Gasteiger partial charge in [0, 0.05) is 29.5 Å². The van der Waals surface area contributed by atoms with Crippen LogP contribution in [0.2, 0.25) is 0 Å². The molecule has 3 aromatic carbocycles. The van der Waals surface area contributed by atoms with E-state index in [9.17, 15) is 19.5 Å². The second-order valence-corrected chi connectivity index (χ2v) is 13.2. The van der Waals surface area contributed by atoms with Crippen molar-refractivity contribution in [3.63, 3.8) is 0 Å². The first-order valence-corrected chi connectivity index (χ1v) is 16.5. The van der Waals surface area contributed by atoms with Crippen LogP contribution < -0.4 is 25.0 Å². The average Bonchev–Trinajstić information content (AvgIpc) is 3.47. The number of carboxylic acids is 1. The molecular weight excluding hydrogens is 646 g/mol. The SMILES string of the molecule is CC(C)(C)OC(=O)Nc1cccc(OCCOc2ccc(-c3ccc4c(c3)N(C(=O)Nc3nc5ccccc5s3)CCC4)nc2C(=O)O)c1. The number of para-hydroxylation sites is 1. The summed E-state index contributed by atoms with van der Waals surface area (Å²) in [6, 6.07) is 23.2. The van der Waals surface area contributed by atoms with Crippen molar-refractivity contribution in [1.29, 1.82) is 0 Å². The number of nitrogens with one attached hydrogen (secondary N) is 2. The molecule has 3 amide bonds. The van der Waals surface area contributed by atoms with Crippen LogP contribution in [0.15, 0.2) is 78.9 Å². The Morgan fingerprint density at radius 3 is 2.53 bits per heavy atom. The van der Waals surface area contributed by atoms with Crippen LogP contribution in [0.5, 0.6) is 11.5 Å². The first-order valence-electron chi connectivity index (χ1n) is 15.7.